The molecule has 25 heavy (non-hydrogen) atoms. The Labute approximate surface area is 145 Å². The summed E-state index contributed by atoms with van der Waals surface area (Å²) in [4.78, 5) is 23.4. The van der Waals surface area contributed by atoms with Crippen molar-refractivity contribution in [1.82, 2.24) is 0 Å². The van der Waals surface area contributed by atoms with E-state index in [4.69, 9.17) is 21.1 Å². The van der Waals surface area contributed by atoms with Gasteiger partial charge in [0.05, 0.1) is 27.0 Å². The van der Waals surface area contributed by atoms with E-state index in [1.54, 1.807) is 0 Å². The van der Waals surface area contributed by atoms with Crippen LogP contribution < -0.4 is 14.8 Å². The molecule has 2 atom stereocenters. The summed E-state index contributed by atoms with van der Waals surface area (Å²) in [7, 11) is 3.25. The Morgan fingerprint density at radius 1 is 1.20 bits per heavy atom. The first kappa shape index (κ1) is 20.8. The molecule has 7 nitrogen and oxygen atoms in total. The number of halogens is 4. The van der Waals surface area contributed by atoms with Crippen molar-refractivity contribution in [2.45, 2.75) is 17.2 Å². The molecule has 0 bridgehead atoms. The zero-order valence-electron chi connectivity index (χ0n) is 13.3. The Bertz CT molecular complexity index is 654. The second kappa shape index (κ2) is 7.79. The number of amides is 1. The molecule has 0 saturated carbocycles. The number of methoxy groups -OCH3 is 3. The van der Waals surface area contributed by atoms with Crippen molar-refractivity contribution < 1.29 is 42.1 Å². The van der Waals surface area contributed by atoms with Gasteiger partial charge in [-0.3, -0.25) is 4.79 Å². The molecule has 2 unspecified atom stereocenters. The SMILES string of the molecule is COC(=O)C(O)(C(Cl)C(=O)Nc1ccc(OC)cc1OC)C(F)(F)F. The molecule has 0 aliphatic rings. The van der Waals surface area contributed by atoms with E-state index in [0.29, 0.717) is 12.9 Å². The number of benzene rings is 1. The summed E-state index contributed by atoms with van der Waals surface area (Å²) in [6.07, 6.45) is -5.55. The van der Waals surface area contributed by atoms with Gasteiger partial charge in [-0.1, -0.05) is 0 Å². The van der Waals surface area contributed by atoms with E-state index in [9.17, 15) is 27.9 Å². The van der Waals surface area contributed by atoms with E-state index < -0.39 is 29.0 Å². The maximum Gasteiger partial charge on any atom is 0.430 e. The van der Waals surface area contributed by atoms with Gasteiger partial charge in [0.2, 0.25) is 5.91 Å². The smallest absolute Gasteiger partial charge is 0.430 e. The van der Waals surface area contributed by atoms with Crippen LogP contribution in [-0.4, -0.2) is 55.5 Å². The predicted octanol–water partition coefficient (Wildman–Crippen LogP) is 1.72. The second-order valence-electron chi connectivity index (χ2n) is 4.67. The topological polar surface area (TPSA) is 94.1 Å². The summed E-state index contributed by atoms with van der Waals surface area (Å²) in [5, 5.41) is 9.03. The molecule has 1 aromatic carbocycles. The molecule has 0 aliphatic heterocycles. The highest BCUT2D eigenvalue weighted by Gasteiger charge is 2.67. The average Bonchev–Trinajstić information content (AvgIpc) is 2.58. The highest BCUT2D eigenvalue weighted by atomic mass is 35.5. The molecule has 0 heterocycles. The number of hydrogen-bond donors (Lipinski definition) is 2. The number of carbonyl (C=O) groups excluding carboxylic acids is 2. The Balaban J connectivity index is 3.16. The largest absolute Gasteiger partial charge is 0.497 e. The number of nitrogens with one attached hydrogen (secondary N) is 1. The molecule has 0 saturated heterocycles. The predicted molar refractivity (Wildman–Crippen MR) is 80.8 cm³/mol. The van der Waals surface area contributed by atoms with Crippen molar-refractivity contribution in [1.29, 1.82) is 0 Å². The third-order valence-electron chi connectivity index (χ3n) is 3.19. The highest BCUT2D eigenvalue weighted by molar-refractivity contribution is 6.35. The van der Waals surface area contributed by atoms with Gasteiger partial charge in [-0.05, 0) is 12.1 Å². The Hall–Kier alpha value is -2.20. The maximum absolute atomic E-state index is 13.1. The summed E-state index contributed by atoms with van der Waals surface area (Å²) in [5.74, 6) is -3.18. The van der Waals surface area contributed by atoms with Gasteiger partial charge in [0, 0.05) is 6.07 Å². The molecule has 140 valence electrons. The van der Waals surface area contributed by atoms with Crippen LogP contribution in [0.25, 0.3) is 0 Å². The minimum atomic E-state index is -5.55. The molecule has 1 amide bonds. The quantitative estimate of drug-likeness (QED) is 0.572. The number of ether oxygens (including phenoxy) is 3. The van der Waals surface area contributed by atoms with E-state index >= 15 is 0 Å². The number of aliphatic hydroxyl groups is 1. The molecule has 11 heteroatoms. The average molecular weight is 386 g/mol. The Morgan fingerprint density at radius 3 is 2.24 bits per heavy atom. The van der Waals surface area contributed by atoms with Gasteiger partial charge in [0.1, 0.15) is 11.5 Å². The Morgan fingerprint density at radius 2 is 1.80 bits per heavy atom. The number of esters is 1. The van der Waals surface area contributed by atoms with Gasteiger partial charge in [0.25, 0.3) is 5.60 Å². The zero-order valence-corrected chi connectivity index (χ0v) is 14.1. The van der Waals surface area contributed by atoms with Crippen LogP contribution in [0.5, 0.6) is 11.5 Å². The van der Waals surface area contributed by atoms with E-state index in [1.165, 1.54) is 32.4 Å². The minimum Gasteiger partial charge on any atom is -0.497 e. The summed E-state index contributed by atoms with van der Waals surface area (Å²) >= 11 is 5.45. The molecule has 0 aliphatic carbocycles. The minimum absolute atomic E-state index is 0.0478. The molecule has 0 radical (unpaired) electrons. The van der Waals surface area contributed by atoms with Gasteiger partial charge in [-0.15, -0.1) is 11.6 Å². The number of carbonyl (C=O) groups is 2. The van der Waals surface area contributed by atoms with Crippen molar-refractivity contribution in [2.75, 3.05) is 26.6 Å². The van der Waals surface area contributed by atoms with E-state index in [0.717, 1.165) is 0 Å². The van der Waals surface area contributed by atoms with Gasteiger partial charge in [-0.2, -0.15) is 13.2 Å². The lowest BCUT2D eigenvalue weighted by Gasteiger charge is -2.30. The first-order chi connectivity index (χ1) is 11.5. The van der Waals surface area contributed by atoms with E-state index in [2.05, 4.69) is 10.1 Å². The van der Waals surface area contributed by atoms with Crippen LogP contribution >= 0.6 is 11.6 Å². The van der Waals surface area contributed by atoms with Crippen LogP contribution in [0.1, 0.15) is 0 Å². The summed E-state index contributed by atoms with van der Waals surface area (Å²) < 4.78 is 53.1. The van der Waals surface area contributed by atoms with Crippen molar-refractivity contribution in [3.8, 4) is 11.5 Å². The fourth-order valence-electron chi connectivity index (χ4n) is 1.81. The fraction of sp³-hybridized carbons (Fsp3) is 0.429. The van der Waals surface area contributed by atoms with Gasteiger partial charge >= 0.3 is 12.1 Å². The first-order valence-corrected chi connectivity index (χ1v) is 7.01. The van der Waals surface area contributed by atoms with Crippen LogP contribution in [0.3, 0.4) is 0 Å². The van der Waals surface area contributed by atoms with Crippen LogP contribution in [0.2, 0.25) is 0 Å². The highest BCUT2D eigenvalue weighted by Crippen LogP contribution is 2.38. The van der Waals surface area contributed by atoms with Crippen LogP contribution in [0.4, 0.5) is 18.9 Å². The number of anilines is 1. The summed E-state index contributed by atoms with van der Waals surface area (Å²) in [6.45, 7) is 0. The number of rotatable bonds is 6. The molecule has 1 rings (SSSR count). The van der Waals surface area contributed by atoms with Gasteiger partial charge in [-0.25, -0.2) is 4.79 Å². The molecule has 2 N–H and O–H groups in total. The van der Waals surface area contributed by atoms with Crippen molar-refractivity contribution in [2.24, 2.45) is 0 Å². The van der Waals surface area contributed by atoms with Crippen LogP contribution in [0, 0.1) is 0 Å². The molecular weight excluding hydrogens is 371 g/mol. The molecule has 1 aromatic rings. The van der Waals surface area contributed by atoms with Gasteiger partial charge in [0.15, 0.2) is 5.38 Å². The third kappa shape index (κ3) is 4.07. The molecular formula is C14H15ClF3NO6. The molecule has 0 aromatic heterocycles. The lowest BCUT2D eigenvalue weighted by atomic mass is 9.97. The van der Waals surface area contributed by atoms with Crippen molar-refractivity contribution in [3.63, 3.8) is 0 Å². The lowest BCUT2D eigenvalue weighted by molar-refractivity contribution is -0.260. The monoisotopic (exact) mass is 385 g/mol. The first-order valence-electron chi connectivity index (χ1n) is 6.57. The van der Waals surface area contributed by atoms with Crippen LogP contribution in [-0.2, 0) is 14.3 Å². The van der Waals surface area contributed by atoms with Crippen molar-refractivity contribution >= 4 is 29.2 Å². The zero-order chi connectivity index (χ0) is 19.4. The Kier molecular flexibility index (Phi) is 6.49. The fourth-order valence-corrected chi connectivity index (χ4v) is 2.07. The number of hydrogen-bond acceptors (Lipinski definition) is 6. The van der Waals surface area contributed by atoms with Gasteiger partial charge < -0.3 is 24.6 Å². The molecule has 0 spiro atoms. The standard InChI is InChI=1S/C14H15ClF3NO6/c1-23-7-4-5-8(9(6-7)24-2)19-11(20)10(15)13(22,12(21)25-3)14(16,17)18/h4-6,10,22H,1-3H3,(H,19,20). The second-order valence-corrected chi connectivity index (χ2v) is 5.11. The van der Waals surface area contributed by atoms with Crippen LogP contribution in [0.15, 0.2) is 18.2 Å². The summed E-state index contributed by atoms with van der Waals surface area (Å²) in [6, 6.07) is 4.04. The van der Waals surface area contributed by atoms with E-state index in [-0.39, 0.29) is 11.4 Å². The van der Waals surface area contributed by atoms with E-state index in [1.807, 2.05) is 0 Å². The lowest BCUT2D eigenvalue weighted by Crippen LogP contribution is -2.62. The summed E-state index contributed by atoms with van der Waals surface area (Å²) in [5.41, 5.74) is -4.28. The maximum atomic E-state index is 13.1. The normalized spacial score (nSPS) is 14.9. The molecule has 0 fully saturated rings. The van der Waals surface area contributed by atoms with Crippen molar-refractivity contribution in [3.05, 3.63) is 18.2 Å². The third-order valence-corrected chi connectivity index (χ3v) is 3.71. The number of alkyl halides is 4.